The number of fused-ring (bicyclic) bond motifs is 1. The summed E-state index contributed by atoms with van der Waals surface area (Å²) < 4.78 is 27.5. The quantitative estimate of drug-likeness (QED) is 0.472. The van der Waals surface area contributed by atoms with Gasteiger partial charge in [-0.05, 0) is 71.9 Å². The van der Waals surface area contributed by atoms with Crippen LogP contribution in [0.5, 0.6) is 0 Å². The lowest BCUT2D eigenvalue weighted by atomic mass is 9.82. The van der Waals surface area contributed by atoms with Gasteiger partial charge in [-0.15, -0.1) is 5.53 Å². The maximum absolute atomic E-state index is 13.7. The lowest BCUT2D eigenvalue weighted by Crippen LogP contribution is -2.53. The Kier molecular flexibility index (Phi) is 7.50. The first kappa shape index (κ1) is 24.6. The fourth-order valence-corrected chi connectivity index (χ4v) is 4.95. The van der Waals surface area contributed by atoms with Gasteiger partial charge in [0.05, 0.1) is 12.1 Å². The predicted octanol–water partition coefficient (Wildman–Crippen LogP) is 3.76. The largest absolute Gasteiger partial charge is 0.390 e. The number of benzene rings is 2. The minimum Gasteiger partial charge on any atom is -0.390 e. The van der Waals surface area contributed by atoms with Gasteiger partial charge in [-0.3, -0.25) is 5.01 Å². The Bertz CT molecular complexity index is 1000. The van der Waals surface area contributed by atoms with Crippen LogP contribution in [-0.4, -0.2) is 35.1 Å². The molecule has 1 heterocycles. The minimum absolute atomic E-state index is 0.156. The number of hydrazone groups is 1. The van der Waals surface area contributed by atoms with Crippen molar-refractivity contribution >= 4 is 6.34 Å². The highest BCUT2D eigenvalue weighted by Gasteiger charge is 2.29. The Morgan fingerprint density at radius 3 is 2.59 bits per heavy atom. The van der Waals surface area contributed by atoms with Crippen molar-refractivity contribution in [3.05, 3.63) is 70.3 Å². The molecule has 2 aromatic carbocycles. The third kappa shape index (κ3) is 6.31. The van der Waals surface area contributed by atoms with Gasteiger partial charge in [-0.25, -0.2) is 14.3 Å². The molecule has 34 heavy (non-hydrogen) atoms. The van der Waals surface area contributed by atoms with Gasteiger partial charge in [0, 0.05) is 18.7 Å². The molecule has 3 unspecified atom stereocenters. The van der Waals surface area contributed by atoms with Crippen LogP contribution >= 0.6 is 0 Å². The zero-order valence-corrected chi connectivity index (χ0v) is 20.1. The second-order valence-corrected chi connectivity index (χ2v) is 10.6. The first-order chi connectivity index (χ1) is 16.2. The fourth-order valence-electron chi connectivity index (χ4n) is 4.95. The molecular weight excluding hydrogens is 436 g/mol. The van der Waals surface area contributed by atoms with Crippen LogP contribution in [0.1, 0.15) is 61.9 Å². The van der Waals surface area contributed by atoms with Crippen molar-refractivity contribution < 1.29 is 13.9 Å². The second-order valence-electron chi connectivity index (χ2n) is 10.6. The molecule has 184 valence electrons. The van der Waals surface area contributed by atoms with Crippen LogP contribution in [0, 0.1) is 17.0 Å². The normalized spacial score (nSPS) is 19.6. The molecule has 0 saturated carbocycles. The van der Waals surface area contributed by atoms with Gasteiger partial charge >= 0.3 is 0 Å². The number of aliphatic hydroxyl groups excluding tert-OH is 1. The average Bonchev–Trinajstić information content (AvgIpc) is 3.28. The summed E-state index contributed by atoms with van der Waals surface area (Å²) in [5, 5.41) is 20.3. The molecule has 0 radical (unpaired) electrons. The summed E-state index contributed by atoms with van der Waals surface area (Å²) in [6.45, 7) is 7.07. The van der Waals surface area contributed by atoms with Crippen LogP contribution in [0.25, 0.3) is 0 Å². The molecule has 6 nitrogen and oxygen atoms in total. The van der Waals surface area contributed by atoms with Gasteiger partial charge in [0.2, 0.25) is 0 Å². The van der Waals surface area contributed by atoms with Gasteiger partial charge in [-0.1, -0.05) is 39.0 Å². The molecule has 8 heteroatoms. The molecule has 2 aromatic rings. The SMILES string of the molecule is CC(C)(C)Cc1ccc2c(c1)C(NCC(O)C(Cc1cc(F)cc(F)c1)N1C=NNN1)CCC2. The molecule has 0 amide bonds. The number of aliphatic hydroxyl groups is 1. The smallest absolute Gasteiger partial charge is 0.128 e. The number of hydrazine groups is 2. The Labute approximate surface area is 200 Å². The number of halogens is 2. The van der Waals surface area contributed by atoms with Gasteiger partial charge in [0.25, 0.3) is 0 Å². The van der Waals surface area contributed by atoms with Crippen LogP contribution in [0.2, 0.25) is 0 Å². The zero-order valence-electron chi connectivity index (χ0n) is 20.1. The fraction of sp³-hybridized carbons (Fsp3) is 0.500. The van der Waals surface area contributed by atoms with Crippen molar-refractivity contribution in [3.8, 4) is 0 Å². The summed E-state index contributed by atoms with van der Waals surface area (Å²) in [6, 6.07) is 9.92. The van der Waals surface area contributed by atoms with E-state index in [1.54, 1.807) is 5.01 Å². The zero-order chi connectivity index (χ0) is 24.3. The van der Waals surface area contributed by atoms with E-state index in [1.165, 1.54) is 35.2 Å². The van der Waals surface area contributed by atoms with Crippen molar-refractivity contribution in [2.75, 3.05) is 6.54 Å². The summed E-state index contributed by atoms with van der Waals surface area (Å²) in [6.07, 6.45) is 5.13. The summed E-state index contributed by atoms with van der Waals surface area (Å²) >= 11 is 0. The van der Waals surface area contributed by atoms with Gasteiger partial charge in [0.15, 0.2) is 0 Å². The monoisotopic (exact) mass is 471 g/mol. The highest BCUT2D eigenvalue weighted by molar-refractivity contribution is 5.55. The third-order valence-corrected chi connectivity index (χ3v) is 6.43. The first-order valence-electron chi connectivity index (χ1n) is 12.0. The molecule has 0 aromatic heterocycles. The van der Waals surface area contributed by atoms with Crippen molar-refractivity contribution in [2.24, 2.45) is 10.5 Å². The topological polar surface area (TPSA) is 71.9 Å². The third-order valence-electron chi connectivity index (χ3n) is 6.43. The van der Waals surface area contributed by atoms with E-state index in [0.717, 1.165) is 31.7 Å². The van der Waals surface area contributed by atoms with E-state index < -0.39 is 23.8 Å². The minimum atomic E-state index is -0.812. The van der Waals surface area contributed by atoms with Crippen molar-refractivity contribution in [3.63, 3.8) is 0 Å². The van der Waals surface area contributed by atoms with E-state index in [1.807, 2.05) is 0 Å². The van der Waals surface area contributed by atoms with E-state index in [2.05, 4.69) is 60.5 Å². The summed E-state index contributed by atoms with van der Waals surface area (Å²) in [7, 11) is 0. The van der Waals surface area contributed by atoms with Crippen LogP contribution in [0.4, 0.5) is 8.78 Å². The average molecular weight is 472 g/mol. The van der Waals surface area contributed by atoms with E-state index in [0.29, 0.717) is 12.1 Å². The summed E-state index contributed by atoms with van der Waals surface area (Å²) in [4.78, 5) is 0. The van der Waals surface area contributed by atoms with Crippen molar-refractivity contribution in [2.45, 2.75) is 71.1 Å². The molecule has 4 N–H and O–H groups in total. The van der Waals surface area contributed by atoms with Crippen LogP contribution < -0.4 is 16.4 Å². The van der Waals surface area contributed by atoms with E-state index in [-0.39, 0.29) is 17.9 Å². The molecule has 0 spiro atoms. The van der Waals surface area contributed by atoms with Crippen LogP contribution in [0.15, 0.2) is 41.5 Å². The second kappa shape index (κ2) is 10.4. The lowest BCUT2D eigenvalue weighted by Gasteiger charge is -2.33. The Morgan fingerprint density at radius 1 is 1.15 bits per heavy atom. The summed E-state index contributed by atoms with van der Waals surface area (Å²) in [5.41, 5.74) is 10.2. The maximum atomic E-state index is 13.7. The maximum Gasteiger partial charge on any atom is 0.128 e. The molecule has 3 atom stereocenters. The van der Waals surface area contributed by atoms with Gasteiger partial charge in [0.1, 0.15) is 18.0 Å². The van der Waals surface area contributed by atoms with E-state index >= 15 is 0 Å². The predicted molar refractivity (Wildman–Crippen MR) is 130 cm³/mol. The molecule has 1 aliphatic carbocycles. The van der Waals surface area contributed by atoms with Crippen LogP contribution in [0.3, 0.4) is 0 Å². The Balaban J connectivity index is 1.47. The first-order valence-corrected chi connectivity index (χ1v) is 12.0. The summed E-state index contributed by atoms with van der Waals surface area (Å²) in [5.74, 6) is -1.26. The molecular formula is C26H35F2N5O. The van der Waals surface area contributed by atoms with E-state index in [4.69, 9.17) is 0 Å². The number of nitrogens with zero attached hydrogens (tertiary/aromatic N) is 2. The van der Waals surface area contributed by atoms with E-state index in [9.17, 15) is 13.9 Å². The highest BCUT2D eigenvalue weighted by Crippen LogP contribution is 2.32. The number of hydrogen-bond acceptors (Lipinski definition) is 6. The number of aryl methyl sites for hydroxylation is 1. The van der Waals surface area contributed by atoms with Crippen molar-refractivity contribution in [1.82, 2.24) is 21.4 Å². The Morgan fingerprint density at radius 2 is 1.91 bits per heavy atom. The Hall–Kier alpha value is -2.55. The number of hydrogen-bond donors (Lipinski definition) is 4. The van der Waals surface area contributed by atoms with Gasteiger partial charge < -0.3 is 10.4 Å². The molecule has 2 aliphatic rings. The van der Waals surface area contributed by atoms with Crippen molar-refractivity contribution in [1.29, 1.82) is 0 Å². The standard InChI is InChI=1S/C26H35F2N5O/c1-26(2,3)14-17-7-8-19-5-4-6-23(22(19)11-17)29-15-25(34)24(33-16-30-31-32-33)12-18-9-20(27)13-21(28)10-18/h7-11,13,16,23-25,29,31-32,34H,4-6,12,14-15H2,1-3H3. The lowest BCUT2D eigenvalue weighted by molar-refractivity contribution is 0.0602. The van der Waals surface area contributed by atoms with Crippen LogP contribution in [-0.2, 0) is 19.3 Å². The number of nitrogens with one attached hydrogen (secondary N) is 3. The highest BCUT2D eigenvalue weighted by atomic mass is 19.1. The molecule has 0 saturated heterocycles. The number of rotatable bonds is 8. The molecule has 0 fully saturated rings. The molecule has 1 aliphatic heterocycles. The van der Waals surface area contributed by atoms with Gasteiger partial charge in [-0.2, -0.15) is 5.10 Å². The molecule has 4 rings (SSSR count). The molecule has 0 bridgehead atoms.